The molecule has 1 fully saturated rings. The number of rotatable bonds is 5. The van der Waals surface area contributed by atoms with E-state index in [1.807, 2.05) is 0 Å². The van der Waals surface area contributed by atoms with Crippen molar-refractivity contribution in [2.45, 2.75) is 26.0 Å². The molecule has 2 rings (SSSR count). The Balaban J connectivity index is 1.75. The first-order valence-corrected chi connectivity index (χ1v) is 5.06. The summed E-state index contributed by atoms with van der Waals surface area (Å²) < 4.78 is 1.73. The third-order valence-corrected chi connectivity index (χ3v) is 2.44. The van der Waals surface area contributed by atoms with Gasteiger partial charge in [0.1, 0.15) is 12.9 Å². The highest BCUT2D eigenvalue weighted by molar-refractivity contribution is 5.80. The summed E-state index contributed by atoms with van der Waals surface area (Å²) in [6.07, 6.45) is 3.58. The highest BCUT2D eigenvalue weighted by Crippen LogP contribution is 2.28. The van der Waals surface area contributed by atoms with E-state index in [2.05, 4.69) is 15.5 Å². The Morgan fingerprint density at radius 1 is 1.67 bits per heavy atom. The average Bonchev–Trinajstić information content (AvgIpc) is 2.99. The van der Waals surface area contributed by atoms with Crippen LogP contribution in [0.4, 0.5) is 0 Å². The topological polar surface area (TPSA) is 80.0 Å². The highest BCUT2D eigenvalue weighted by atomic mass is 16.3. The second kappa shape index (κ2) is 4.39. The lowest BCUT2D eigenvalue weighted by atomic mass is 10.4. The molecule has 0 radical (unpaired) electrons. The lowest BCUT2D eigenvalue weighted by Crippen LogP contribution is -2.28. The molecule has 0 atom stereocenters. The molecule has 6 heteroatoms. The van der Waals surface area contributed by atoms with Crippen molar-refractivity contribution in [3.05, 3.63) is 12.2 Å². The summed E-state index contributed by atoms with van der Waals surface area (Å²) in [5.41, 5.74) is 0. The van der Waals surface area contributed by atoms with Gasteiger partial charge in [-0.15, -0.1) is 10.2 Å². The molecule has 1 heterocycles. The van der Waals surface area contributed by atoms with E-state index < -0.39 is 0 Å². The van der Waals surface area contributed by atoms with Gasteiger partial charge in [0.25, 0.3) is 0 Å². The van der Waals surface area contributed by atoms with Gasteiger partial charge >= 0.3 is 0 Å². The summed E-state index contributed by atoms with van der Waals surface area (Å²) >= 11 is 0. The van der Waals surface area contributed by atoms with E-state index in [4.69, 9.17) is 5.11 Å². The fourth-order valence-electron chi connectivity index (χ4n) is 1.38. The van der Waals surface area contributed by atoms with Crippen LogP contribution in [0, 0.1) is 5.92 Å². The van der Waals surface area contributed by atoms with Gasteiger partial charge in [0.05, 0.1) is 0 Å². The van der Waals surface area contributed by atoms with Gasteiger partial charge in [0, 0.05) is 19.0 Å². The molecule has 0 spiro atoms. The maximum Gasteiger partial charge on any atom is 0.223 e. The minimum Gasteiger partial charge on any atom is -0.388 e. The maximum atomic E-state index is 11.3. The Hall–Kier alpha value is -1.43. The molecule has 0 bridgehead atoms. The molecule has 0 unspecified atom stereocenters. The van der Waals surface area contributed by atoms with Crippen LogP contribution in [0.1, 0.15) is 18.7 Å². The second-order valence-electron chi connectivity index (χ2n) is 3.66. The minimum atomic E-state index is -0.128. The first-order chi connectivity index (χ1) is 7.31. The quantitative estimate of drug-likeness (QED) is 0.673. The van der Waals surface area contributed by atoms with Crippen LogP contribution >= 0.6 is 0 Å². The van der Waals surface area contributed by atoms with E-state index in [0.717, 1.165) is 12.8 Å². The Bertz CT molecular complexity index is 346. The number of aromatic nitrogens is 3. The van der Waals surface area contributed by atoms with Crippen LogP contribution in [0.2, 0.25) is 0 Å². The van der Waals surface area contributed by atoms with Crippen LogP contribution in [-0.4, -0.2) is 32.3 Å². The molecule has 0 saturated heterocycles. The smallest absolute Gasteiger partial charge is 0.223 e. The van der Waals surface area contributed by atoms with Gasteiger partial charge in [-0.25, -0.2) is 0 Å². The standard InChI is InChI=1S/C9H14N4O2/c14-5-8-12-11-6-13(8)4-3-10-9(15)7-1-2-7/h6-7,14H,1-5H2,(H,10,15). The largest absolute Gasteiger partial charge is 0.388 e. The number of carbonyl (C=O) groups excluding carboxylic acids is 1. The number of amides is 1. The SMILES string of the molecule is O=C(NCCn1cnnc1CO)C1CC1. The Kier molecular flexibility index (Phi) is 2.96. The molecular formula is C9H14N4O2. The van der Waals surface area contributed by atoms with Crippen LogP contribution in [0.3, 0.4) is 0 Å². The number of nitrogens with zero attached hydrogens (tertiary/aromatic N) is 3. The first kappa shape index (κ1) is 10.1. The molecule has 82 valence electrons. The highest BCUT2D eigenvalue weighted by Gasteiger charge is 2.28. The molecule has 6 nitrogen and oxygen atoms in total. The zero-order chi connectivity index (χ0) is 10.7. The lowest BCUT2D eigenvalue weighted by molar-refractivity contribution is -0.122. The second-order valence-corrected chi connectivity index (χ2v) is 3.66. The van der Waals surface area contributed by atoms with Crippen molar-refractivity contribution in [3.63, 3.8) is 0 Å². The first-order valence-electron chi connectivity index (χ1n) is 5.06. The van der Waals surface area contributed by atoms with Crippen molar-refractivity contribution < 1.29 is 9.90 Å². The van der Waals surface area contributed by atoms with Gasteiger partial charge in [0.15, 0.2) is 5.82 Å². The number of aliphatic hydroxyl groups is 1. The lowest BCUT2D eigenvalue weighted by Gasteiger charge is -2.06. The third kappa shape index (κ3) is 2.53. The molecule has 1 aliphatic rings. The van der Waals surface area contributed by atoms with Crippen molar-refractivity contribution in [1.29, 1.82) is 0 Å². The monoisotopic (exact) mass is 210 g/mol. The molecule has 1 saturated carbocycles. The van der Waals surface area contributed by atoms with Gasteiger partial charge < -0.3 is 15.0 Å². The van der Waals surface area contributed by atoms with Gasteiger partial charge in [-0.05, 0) is 12.8 Å². The molecule has 0 aliphatic heterocycles. The van der Waals surface area contributed by atoms with Crippen molar-refractivity contribution >= 4 is 5.91 Å². The van der Waals surface area contributed by atoms with Crippen LogP contribution in [0.15, 0.2) is 6.33 Å². The van der Waals surface area contributed by atoms with E-state index in [1.54, 1.807) is 10.9 Å². The van der Waals surface area contributed by atoms with E-state index in [1.165, 1.54) is 0 Å². The number of hydrogen-bond acceptors (Lipinski definition) is 4. The van der Waals surface area contributed by atoms with E-state index in [-0.39, 0.29) is 18.4 Å². The predicted octanol–water partition coefficient (Wildman–Crippen LogP) is -0.703. The Morgan fingerprint density at radius 3 is 3.13 bits per heavy atom. The molecule has 15 heavy (non-hydrogen) atoms. The van der Waals surface area contributed by atoms with Crippen LogP contribution < -0.4 is 5.32 Å². The van der Waals surface area contributed by atoms with Crippen molar-refractivity contribution in [2.24, 2.45) is 5.92 Å². The summed E-state index contributed by atoms with van der Waals surface area (Å²) in [5, 5.41) is 19.1. The van der Waals surface area contributed by atoms with Gasteiger partial charge in [-0.1, -0.05) is 0 Å². The van der Waals surface area contributed by atoms with Gasteiger partial charge in [-0.3, -0.25) is 4.79 Å². The van der Waals surface area contributed by atoms with Gasteiger partial charge in [-0.2, -0.15) is 0 Å². The number of carbonyl (C=O) groups is 1. The summed E-state index contributed by atoms with van der Waals surface area (Å²) in [6, 6.07) is 0. The zero-order valence-corrected chi connectivity index (χ0v) is 8.39. The number of nitrogens with one attached hydrogen (secondary N) is 1. The molecule has 1 aromatic rings. The third-order valence-electron chi connectivity index (χ3n) is 2.44. The van der Waals surface area contributed by atoms with Crippen LogP contribution in [0.25, 0.3) is 0 Å². The molecule has 2 N–H and O–H groups in total. The summed E-state index contributed by atoms with van der Waals surface area (Å²) in [6.45, 7) is 1.03. The van der Waals surface area contributed by atoms with Crippen LogP contribution in [-0.2, 0) is 17.9 Å². The average molecular weight is 210 g/mol. The van der Waals surface area contributed by atoms with Crippen molar-refractivity contribution in [2.75, 3.05) is 6.54 Å². The normalized spacial score (nSPS) is 15.3. The molecule has 1 aliphatic carbocycles. The molecule has 1 amide bonds. The minimum absolute atomic E-state index is 0.128. The van der Waals surface area contributed by atoms with E-state index in [9.17, 15) is 4.79 Å². The fraction of sp³-hybridized carbons (Fsp3) is 0.667. The van der Waals surface area contributed by atoms with Crippen LogP contribution in [0.5, 0.6) is 0 Å². The van der Waals surface area contributed by atoms with Gasteiger partial charge in [0.2, 0.25) is 5.91 Å². The maximum absolute atomic E-state index is 11.3. The summed E-state index contributed by atoms with van der Waals surface area (Å²) in [4.78, 5) is 11.3. The van der Waals surface area contributed by atoms with Crippen molar-refractivity contribution in [3.8, 4) is 0 Å². The summed E-state index contributed by atoms with van der Waals surface area (Å²) in [5.74, 6) is 0.896. The Morgan fingerprint density at radius 2 is 2.47 bits per heavy atom. The van der Waals surface area contributed by atoms with E-state index >= 15 is 0 Å². The fourth-order valence-corrected chi connectivity index (χ4v) is 1.38. The zero-order valence-electron chi connectivity index (χ0n) is 8.39. The Labute approximate surface area is 87.3 Å². The number of hydrogen-bond donors (Lipinski definition) is 2. The summed E-state index contributed by atoms with van der Waals surface area (Å²) in [7, 11) is 0. The predicted molar refractivity (Wildman–Crippen MR) is 51.7 cm³/mol. The molecular weight excluding hydrogens is 196 g/mol. The number of aliphatic hydroxyl groups excluding tert-OH is 1. The van der Waals surface area contributed by atoms with Crippen molar-refractivity contribution in [1.82, 2.24) is 20.1 Å². The van der Waals surface area contributed by atoms with E-state index in [0.29, 0.717) is 18.9 Å². The molecule has 1 aromatic heterocycles. The molecule has 0 aromatic carbocycles.